The second-order valence-electron chi connectivity index (χ2n) is 5.94. The highest BCUT2D eigenvalue weighted by atomic mass is 35.5. The van der Waals surface area contributed by atoms with Crippen molar-refractivity contribution >= 4 is 18.3 Å². The number of rotatable bonds is 5. The lowest BCUT2D eigenvalue weighted by Crippen LogP contribution is -2.47. The molecule has 6 nitrogen and oxygen atoms in total. The molecule has 2 aromatic rings. The number of nitrogens with zero attached hydrogens (tertiary/aromatic N) is 2. The molecule has 1 aliphatic heterocycles. The predicted molar refractivity (Wildman–Crippen MR) is 93.0 cm³/mol. The summed E-state index contributed by atoms with van der Waals surface area (Å²) in [4.78, 5) is 16.6. The van der Waals surface area contributed by atoms with E-state index in [9.17, 15) is 4.79 Å². The van der Waals surface area contributed by atoms with Crippen LogP contribution in [0.2, 0.25) is 0 Å². The van der Waals surface area contributed by atoms with Crippen LogP contribution in [0.25, 0.3) is 0 Å². The fourth-order valence-corrected chi connectivity index (χ4v) is 2.74. The lowest BCUT2D eigenvalue weighted by atomic mass is 10.0. The number of nitrogens with one attached hydrogen (secondary N) is 2. The van der Waals surface area contributed by atoms with Gasteiger partial charge in [0.15, 0.2) is 5.82 Å². The van der Waals surface area contributed by atoms with Gasteiger partial charge in [-0.25, -0.2) is 0 Å². The number of piperidine rings is 1. The predicted octanol–water partition coefficient (Wildman–Crippen LogP) is 2.40. The van der Waals surface area contributed by atoms with Gasteiger partial charge in [-0.15, -0.1) is 12.4 Å². The van der Waals surface area contributed by atoms with Crippen molar-refractivity contribution in [1.29, 1.82) is 0 Å². The van der Waals surface area contributed by atoms with E-state index in [2.05, 4.69) is 20.8 Å². The normalized spacial score (nSPS) is 18.5. The van der Waals surface area contributed by atoms with Crippen LogP contribution >= 0.6 is 12.4 Å². The van der Waals surface area contributed by atoms with Crippen LogP contribution < -0.4 is 10.6 Å². The first-order valence-electron chi connectivity index (χ1n) is 8.12. The largest absolute Gasteiger partial charge is 0.343 e. The highest BCUT2D eigenvalue weighted by Gasteiger charge is 2.24. The molecule has 1 saturated heterocycles. The van der Waals surface area contributed by atoms with E-state index in [1.807, 2.05) is 37.3 Å². The van der Waals surface area contributed by atoms with Gasteiger partial charge >= 0.3 is 0 Å². The van der Waals surface area contributed by atoms with Gasteiger partial charge in [0.2, 0.25) is 11.8 Å². The second kappa shape index (κ2) is 8.80. The molecule has 3 rings (SSSR count). The maximum absolute atomic E-state index is 12.2. The summed E-state index contributed by atoms with van der Waals surface area (Å²) in [6, 6.07) is 9.59. The van der Waals surface area contributed by atoms with Gasteiger partial charge in [-0.1, -0.05) is 41.9 Å². The Balaban J connectivity index is 0.00000208. The standard InChI is InChI=1S/C17H22N4O2.ClH/c1-12(19-16(22)14-9-5-6-10-18-14)17-20-15(21-23-17)11-13-7-3-2-4-8-13;/h2-4,7-8,12,14,18H,5-6,9-11H2,1H3,(H,19,22);1H. The molecule has 0 saturated carbocycles. The number of halogens is 1. The van der Waals surface area contributed by atoms with Crippen LogP contribution in [0, 0.1) is 0 Å². The minimum absolute atomic E-state index is 0. The third kappa shape index (κ3) is 4.79. The van der Waals surface area contributed by atoms with Gasteiger partial charge in [-0.05, 0) is 31.9 Å². The zero-order chi connectivity index (χ0) is 16.1. The van der Waals surface area contributed by atoms with Crippen molar-refractivity contribution < 1.29 is 9.32 Å². The second-order valence-corrected chi connectivity index (χ2v) is 5.94. The Hall–Kier alpha value is -1.92. The number of benzene rings is 1. The zero-order valence-corrected chi connectivity index (χ0v) is 14.5. The summed E-state index contributed by atoms with van der Waals surface area (Å²) in [5.74, 6) is 1.07. The summed E-state index contributed by atoms with van der Waals surface area (Å²) in [7, 11) is 0. The van der Waals surface area contributed by atoms with E-state index in [0.717, 1.165) is 31.4 Å². The minimum atomic E-state index is -0.289. The topological polar surface area (TPSA) is 80.0 Å². The summed E-state index contributed by atoms with van der Waals surface area (Å²) in [6.45, 7) is 2.76. The smallest absolute Gasteiger partial charge is 0.248 e. The Morgan fingerprint density at radius 2 is 2.17 bits per heavy atom. The van der Waals surface area contributed by atoms with Crippen LogP contribution in [-0.2, 0) is 11.2 Å². The molecular weight excluding hydrogens is 328 g/mol. The fraction of sp³-hybridized carbons (Fsp3) is 0.471. The first-order valence-corrected chi connectivity index (χ1v) is 8.12. The van der Waals surface area contributed by atoms with E-state index in [1.165, 1.54) is 0 Å². The molecule has 2 heterocycles. The summed E-state index contributed by atoms with van der Waals surface area (Å²) in [5.41, 5.74) is 1.13. The maximum Gasteiger partial charge on any atom is 0.248 e. The molecule has 0 aliphatic carbocycles. The first kappa shape index (κ1) is 18.4. The molecule has 130 valence electrons. The van der Waals surface area contributed by atoms with Crippen molar-refractivity contribution in [3.8, 4) is 0 Å². The Labute approximate surface area is 147 Å². The van der Waals surface area contributed by atoms with Crippen LogP contribution in [0.3, 0.4) is 0 Å². The summed E-state index contributed by atoms with van der Waals surface area (Å²) >= 11 is 0. The third-order valence-corrected chi connectivity index (χ3v) is 4.04. The summed E-state index contributed by atoms with van der Waals surface area (Å²) in [5, 5.41) is 10.2. The van der Waals surface area contributed by atoms with Crippen LogP contribution in [0.1, 0.15) is 49.5 Å². The van der Waals surface area contributed by atoms with Gasteiger partial charge in [0.25, 0.3) is 0 Å². The van der Waals surface area contributed by atoms with Crippen molar-refractivity contribution in [3.63, 3.8) is 0 Å². The summed E-state index contributed by atoms with van der Waals surface area (Å²) in [6.07, 6.45) is 3.71. The van der Waals surface area contributed by atoms with Gasteiger partial charge in [0.05, 0.1) is 6.04 Å². The van der Waals surface area contributed by atoms with Gasteiger partial charge in [0.1, 0.15) is 6.04 Å². The highest BCUT2D eigenvalue weighted by molar-refractivity contribution is 5.85. The SMILES string of the molecule is CC(NC(=O)C1CCCCN1)c1nc(Cc2ccccc2)no1.Cl. The lowest BCUT2D eigenvalue weighted by molar-refractivity contribution is -0.124. The third-order valence-electron chi connectivity index (χ3n) is 4.04. The molecule has 0 spiro atoms. The van der Waals surface area contributed by atoms with Gasteiger partial charge in [-0.3, -0.25) is 4.79 Å². The van der Waals surface area contributed by atoms with E-state index in [1.54, 1.807) is 0 Å². The number of carbonyl (C=O) groups excluding carboxylic acids is 1. The Morgan fingerprint density at radius 1 is 1.38 bits per heavy atom. The van der Waals surface area contributed by atoms with Crippen LogP contribution in [0.4, 0.5) is 0 Å². The molecule has 1 aromatic carbocycles. The average molecular weight is 351 g/mol. The molecule has 1 aromatic heterocycles. The van der Waals surface area contributed by atoms with Crippen molar-refractivity contribution in [1.82, 2.24) is 20.8 Å². The molecule has 2 N–H and O–H groups in total. The van der Waals surface area contributed by atoms with Crippen molar-refractivity contribution in [2.75, 3.05) is 6.54 Å². The van der Waals surface area contributed by atoms with E-state index in [-0.39, 0.29) is 30.4 Å². The first-order chi connectivity index (χ1) is 11.2. The number of amides is 1. The molecule has 0 radical (unpaired) electrons. The number of carbonyl (C=O) groups is 1. The van der Waals surface area contributed by atoms with Gasteiger partial charge < -0.3 is 15.2 Å². The minimum Gasteiger partial charge on any atom is -0.343 e. The molecule has 24 heavy (non-hydrogen) atoms. The molecule has 1 aliphatic rings. The average Bonchev–Trinajstić information content (AvgIpc) is 3.05. The van der Waals surface area contributed by atoms with Gasteiger partial charge in [-0.2, -0.15) is 4.98 Å². The quantitative estimate of drug-likeness (QED) is 0.865. The Bertz CT molecular complexity index is 641. The molecular formula is C17H23ClN4O2. The highest BCUT2D eigenvalue weighted by Crippen LogP contribution is 2.14. The summed E-state index contributed by atoms with van der Waals surface area (Å²) < 4.78 is 5.29. The van der Waals surface area contributed by atoms with E-state index >= 15 is 0 Å². The monoisotopic (exact) mass is 350 g/mol. The van der Waals surface area contributed by atoms with Gasteiger partial charge in [0, 0.05) is 6.42 Å². The molecule has 2 atom stereocenters. The molecule has 0 bridgehead atoms. The van der Waals surface area contributed by atoms with E-state index < -0.39 is 0 Å². The van der Waals surface area contributed by atoms with Crippen molar-refractivity contribution in [2.24, 2.45) is 0 Å². The molecule has 1 fully saturated rings. The van der Waals surface area contributed by atoms with E-state index in [0.29, 0.717) is 18.1 Å². The lowest BCUT2D eigenvalue weighted by Gasteiger charge is -2.23. The molecule has 7 heteroatoms. The fourth-order valence-electron chi connectivity index (χ4n) is 2.74. The Kier molecular flexibility index (Phi) is 6.75. The maximum atomic E-state index is 12.2. The molecule has 2 unspecified atom stereocenters. The van der Waals surface area contributed by atoms with Crippen molar-refractivity contribution in [2.45, 2.75) is 44.7 Å². The zero-order valence-electron chi connectivity index (χ0n) is 13.7. The Morgan fingerprint density at radius 3 is 2.88 bits per heavy atom. The van der Waals surface area contributed by atoms with E-state index in [4.69, 9.17) is 4.52 Å². The van der Waals surface area contributed by atoms with Crippen molar-refractivity contribution in [3.05, 3.63) is 47.6 Å². The number of aromatic nitrogens is 2. The molecule has 1 amide bonds. The number of hydrogen-bond acceptors (Lipinski definition) is 5. The van der Waals surface area contributed by atoms with Crippen LogP contribution in [0.5, 0.6) is 0 Å². The van der Waals surface area contributed by atoms with Crippen LogP contribution in [0.15, 0.2) is 34.9 Å². The number of hydrogen-bond donors (Lipinski definition) is 2. The van der Waals surface area contributed by atoms with Crippen LogP contribution in [-0.4, -0.2) is 28.6 Å².